The summed E-state index contributed by atoms with van der Waals surface area (Å²) in [7, 11) is -2.65. The van der Waals surface area contributed by atoms with Crippen molar-refractivity contribution in [1.29, 1.82) is 0 Å². The molecule has 0 bridgehead atoms. The summed E-state index contributed by atoms with van der Waals surface area (Å²) in [6, 6.07) is 10.8. The number of halogens is 1. The highest BCUT2D eigenvalue weighted by Gasteiger charge is 2.23. The van der Waals surface area contributed by atoms with E-state index >= 15 is 0 Å². The summed E-state index contributed by atoms with van der Waals surface area (Å²) in [6.07, 6.45) is 0. The number of hydrogen-bond donors (Lipinski definition) is 2. The van der Waals surface area contributed by atoms with Crippen LogP contribution in [0.4, 0.5) is 5.69 Å². The van der Waals surface area contributed by atoms with Gasteiger partial charge in [-0.05, 0) is 49.7 Å². The third-order valence-electron chi connectivity index (χ3n) is 4.24. The number of anilines is 1. The second-order valence-corrected chi connectivity index (χ2v) is 9.59. The topological polar surface area (TPSA) is 113 Å². The summed E-state index contributed by atoms with van der Waals surface area (Å²) in [4.78, 5) is 35.4. The molecule has 30 heavy (non-hydrogen) atoms. The van der Waals surface area contributed by atoms with E-state index in [9.17, 15) is 22.8 Å². The number of carbonyl (C=O) groups excluding carboxylic acids is 3. The van der Waals surface area contributed by atoms with Crippen LogP contribution < -0.4 is 10.6 Å². The molecule has 160 valence electrons. The quantitative estimate of drug-likeness (QED) is 0.545. The van der Waals surface area contributed by atoms with Gasteiger partial charge in [0.1, 0.15) is 0 Å². The highest BCUT2D eigenvalue weighted by atomic mass is 79.9. The standard InChI is InChI=1S/C20H22BrN3O5S/c1-13-10-16(21)6-9-18(13)23-19(26)11-22-20(27)12-24(3)30(28,29)17-7-4-15(5-8-17)14(2)25/h4-10H,11-12H2,1-3H3,(H,22,27)(H,23,26). The molecule has 0 fully saturated rings. The number of sulfonamides is 1. The minimum atomic E-state index is -3.92. The van der Waals surface area contributed by atoms with Gasteiger partial charge in [0.15, 0.2) is 5.78 Å². The van der Waals surface area contributed by atoms with Crippen LogP contribution in [0.15, 0.2) is 51.8 Å². The van der Waals surface area contributed by atoms with E-state index in [0.29, 0.717) is 11.3 Å². The predicted octanol–water partition coefficient (Wildman–Crippen LogP) is 2.34. The lowest BCUT2D eigenvalue weighted by atomic mass is 10.2. The number of carbonyl (C=O) groups is 3. The average molecular weight is 496 g/mol. The highest BCUT2D eigenvalue weighted by Crippen LogP contribution is 2.20. The molecular formula is C20H22BrN3O5S. The molecule has 10 heteroatoms. The Morgan fingerprint density at radius 2 is 1.67 bits per heavy atom. The molecule has 0 aliphatic rings. The fourth-order valence-electron chi connectivity index (χ4n) is 2.53. The van der Waals surface area contributed by atoms with E-state index in [2.05, 4.69) is 26.6 Å². The molecule has 0 unspecified atom stereocenters. The molecule has 0 aromatic heterocycles. The summed E-state index contributed by atoms with van der Waals surface area (Å²) >= 11 is 3.34. The van der Waals surface area contributed by atoms with Crippen molar-refractivity contribution in [2.45, 2.75) is 18.7 Å². The smallest absolute Gasteiger partial charge is 0.243 e. The van der Waals surface area contributed by atoms with Crippen LogP contribution in [0.1, 0.15) is 22.8 Å². The zero-order chi connectivity index (χ0) is 22.5. The molecule has 2 N–H and O–H groups in total. The second-order valence-electron chi connectivity index (χ2n) is 6.63. The van der Waals surface area contributed by atoms with Gasteiger partial charge in [-0.15, -0.1) is 0 Å². The van der Waals surface area contributed by atoms with Crippen LogP contribution >= 0.6 is 15.9 Å². The highest BCUT2D eigenvalue weighted by molar-refractivity contribution is 9.10. The van der Waals surface area contributed by atoms with Crippen molar-refractivity contribution in [3.8, 4) is 0 Å². The normalized spacial score (nSPS) is 11.2. The van der Waals surface area contributed by atoms with Crippen LogP contribution in [0.3, 0.4) is 0 Å². The lowest BCUT2D eigenvalue weighted by Crippen LogP contribution is -2.41. The Bertz CT molecular complexity index is 1070. The molecule has 2 rings (SSSR count). The largest absolute Gasteiger partial charge is 0.346 e. The molecule has 0 spiro atoms. The molecular weight excluding hydrogens is 474 g/mol. The minimum Gasteiger partial charge on any atom is -0.346 e. The van der Waals surface area contributed by atoms with Gasteiger partial charge in [0.05, 0.1) is 18.0 Å². The molecule has 0 saturated heterocycles. The van der Waals surface area contributed by atoms with Gasteiger partial charge in [-0.2, -0.15) is 4.31 Å². The molecule has 0 atom stereocenters. The van der Waals surface area contributed by atoms with Crippen molar-refractivity contribution in [1.82, 2.24) is 9.62 Å². The van der Waals surface area contributed by atoms with Crippen LogP contribution in [-0.2, 0) is 19.6 Å². The number of rotatable bonds is 8. The number of ketones is 1. The first-order valence-corrected chi connectivity index (χ1v) is 11.1. The number of aryl methyl sites for hydroxylation is 1. The third kappa shape index (κ3) is 6.22. The fraction of sp³-hybridized carbons (Fsp3) is 0.250. The minimum absolute atomic E-state index is 0.0359. The fourth-order valence-corrected chi connectivity index (χ4v) is 4.13. The van der Waals surface area contributed by atoms with Gasteiger partial charge in [0.2, 0.25) is 21.8 Å². The van der Waals surface area contributed by atoms with Crippen LogP contribution in [-0.4, -0.2) is 50.5 Å². The van der Waals surface area contributed by atoms with E-state index in [4.69, 9.17) is 0 Å². The van der Waals surface area contributed by atoms with E-state index in [0.717, 1.165) is 14.3 Å². The summed E-state index contributed by atoms with van der Waals surface area (Å²) in [5, 5.41) is 5.08. The van der Waals surface area contributed by atoms with Gasteiger partial charge in [-0.25, -0.2) is 8.42 Å². The van der Waals surface area contributed by atoms with Gasteiger partial charge in [0.25, 0.3) is 0 Å². The summed E-state index contributed by atoms with van der Waals surface area (Å²) in [5.41, 5.74) is 1.86. The van der Waals surface area contributed by atoms with Gasteiger partial charge in [-0.1, -0.05) is 28.1 Å². The van der Waals surface area contributed by atoms with Crippen LogP contribution in [0.2, 0.25) is 0 Å². The van der Waals surface area contributed by atoms with Crippen LogP contribution in [0.5, 0.6) is 0 Å². The number of nitrogens with one attached hydrogen (secondary N) is 2. The Morgan fingerprint density at radius 3 is 2.23 bits per heavy atom. The summed E-state index contributed by atoms with van der Waals surface area (Å²) < 4.78 is 26.9. The molecule has 0 aliphatic carbocycles. The Labute approximate surface area is 183 Å². The molecule has 0 heterocycles. The number of likely N-dealkylation sites (N-methyl/N-ethyl adjacent to an activating group) is 1. The maximum Gasteiger partial charge on any atom is 0.243 e. The average Bonchev–Trinajstić information content (AvgIpc) is 2.68. The van der Waals surface area contributed by atoms with E-state index in [-0.39, 0.29) is 17.2 Å². The molecule has 2 aromatic carbocycles. The van der Waals surface area contributed by atoms with Gasteiger partial charge < -0.3 is 10.6 Å². The Kier molecular flexibility index (Phi) is 7.88. The van der Waals surface area contributed by atoms with Crippen molar-refractivity contribution >= 4 is 49.2 Å². The molecule has 0 aliphatic heterocycles. The molecule has 0 radical (unpaired) electrons. The van der Waals surface area contributed by atoms with Crippen molar-refractivity contribution in [2.24, 2.45) is 0 Å². The maximum absolute atomic E-state index is 12.6. The first kappa shape index (κ1) is 23.7. The Hall–Kier alpha value is -2.56. The van der Waals surface area contributed by atoms with Gasteiger partial charge in [0, 0.05) is 22.8 Å². The SMILES string of the molecule is CC(=O)c1ccc(S(=O)(=O)N(C)CC(=O)NCC(=O)Nc2ccc(Br)cc2C)cc1. The monoisotopic (exact) mass is 495 g/mol. The van der Waals surface area contributed by atoms with E-state index < -0.39 is 28.4 Å². The van der Waals surface area contributed by atoms with E-state index in [1.807, 2.05) is 13.0 Å². The number of nitrogens with zero attached hydrogens (tertiary/aromatic N) is 1. The second kappa shape index (κ2) is 9.96. The molecule has 8 nitrogen and oxygen atoms in total. The lowest BCUT2D eigenvalue weighted by Gasteiger charge is -2.17. The number of Topliss-reactive ketones (excluding diaryl/α,β-unsaturated/α-hetero) is 1. The predicted molar refractivity (Wildman–Crippen MR) is 117 cm³/mol. The summed E-state index contributed by atoms with van der Waals surface area (Å²) in [6.45, 7) is 2.47. The van der Waals surface area contributed by atoms with Gasteiger partial charge >= 0.3 is 0 Å². The number of benzene rings is 2. The van der Waals surface area contributed by atoms with Crippen molar-refractivity contribution in [3.05, 3.63) is 58.1 Å². The first-order chi connectivity index (χ1) is 14.0. The first-order valence-electron chi connectivity index (χ1n) is 8.90. The third-order valence-corrected chi connectivity index (χ3v) is 6.55. The van der Waals surface area contributed by atoms with Gasteiger partial charge in [-0.3, -0.25) is 14.4 Å². The molecule has 2 amide bonds. The Morgan fingerprint density at radius 1 is 1.03 bits per heavy atom. The molecule has 2 aromatic rings. The zero-order valence-corrected chi connectivity index (χ0v) is 19.1. The van der Waals surface area contributed by atoms with Crippen LogP contribution in [0, 0.1) is 6.92 Å². The maximum atomic E-state index is 12.6. The lowest BCUT2D eigenvalue weighted by molar-refractivity contribution is -0.124. The number of hydrogen-bond acceptors (Lipinski definition) is 5. The van der Waals surface area contributed by atoms with E-state index in [1.165, 1.54) is 38.2 Å². The molecule has 0 saturated carbocycles. The van der Waals surface area contributed by atoms with E-state index in [1.54, 1.807) is 12.1 Å². The van der Waals surface area contributed by atoms with Crippen LogP contribution in [0.25, 0.3) is 0 Å². The zero-order valence-electron chi connectivity index (χ0n) is 16.7. The van der Waals surface area contributed by atoms with Crippen molar-refractivity contribution in [3.63, 3.8) is 0 Å². The summed E-state index contributed by atoms with van der Waals surface area (Å²) in [5.74, 6) is -1.23. The number of amides is 2. The Balaban J connectivity index is 1.91. The van der Waals surface area contributed by atoms with Crippen molar-refractivity contribution in [2.75, 3.05) is 25.5 Å². The van der Waals surface area contributed by atoms with Crippen molar-refractivity contribution < 1.29 is 22.8 Å².